The maximum atomic E-state index is 12.1. The van der Waals surface area contributed by atoms with Gasteiger partial charge in [-0.1, -0.05) is 27.2 Å². The van der Waals surface area contributed by atoms with Gasteiger partial charge >= 0.3 is 5.97 Å². The predicted molar refractivity (Wildman–Crippen MR) is 84.7 cm³/mol. The molecule has 3 nitrogen and oxygen atoms in total. The van der Waals surface area contributed by atoms with E-state index in [-0.39, 0.29) is 5.97 Å². The number of hydrogen-bond donors (Lipinski definition) is 1. The predicted octanol–water partition coefficient (Wildman–Crippen LogP) is 3.48. The van der Waals surface area contributed by atoms with Gasteiger partial charge in [0.2, 0.25) is 0 Å². The maximum Gasteiger partial charge on any atom is 0.326 e. The van der Waals surface area contributed by atoms with Crippen LogP contribution in [0.1, 0.15) is 53.9 Å². The van der Waals surface area contributed by atoms with Crippen LogP contribution in [0, 0.1) is 5.92 Å². The number of rotatable bonds is 11. The highest BCUT2D eigenvalue weighted by atomic mass is 32.2. The first-order valence-corrected chi connectivity index (χ1v) is 8.65. The molecule has 0 aliphatic heterocycles. The highest BCUT2D eigenvalue weighted by molar-refractivity contribution is 7.99. The average Bonchev–Trinajstić information content (AvgIpc) is 2.41. The Labute approximate surface area is 123 Å². The summed E-state index contributed by atoms with van der Waals surface area (Å²) < 4.78 is 5.19. The van der Waals surface area contributed by atoms with E-state index in [2.05, 4.69) is 26.1 Å². The van der Waals surface area contributed by atoms with E-state index in [0.29, 0.717) is 6.61 Å². The third kappa shape index (κ3) is 7.83. The molecule has 0 saturated heterocycles. The van der Waals surface area contributed by atoms with Crippen molar-refractivity contribution in [1.29, 1.82) is 0 Å². The monoisotopic (exact) mass is 289 g/mol. The number of thioether (sulfide) groups is 1. The fourth-order valence-corrected chi connectivity index (χ4v) is 2.99. The fraction of sp³-hybridized carbons (Fsp3) is 0.933. The molecule has 0 aliphatic carbocycles. The zero-order valence-corrected chi connectivity index (χ0v) is 14.1. The molecule has 0 aliphatic rings. The Morgan fingerprint density at radius 1 is 1.37 bits per heavy atom. The highest BCUT2D eigenvalue weighted by Gasteiger charge is 2.33. The van der Waals surface area contributed by atoms with Crippen LogP contribution in [0.15, 0.2) is 0 Å². The molecule has 0 amide bonds. The molecule has 1 N–H and O–H groups in total. The van der Waals surface area contributed by atoms with Crippen LogP contribution in [0.5, 0.6) is 0 Å². The van der Waals surface area contributed by atoms with E-state index < -0.39 is 5.54 Å². The van der Waals surface area contributed by atoms with Gasteiger partial charge in [0.1, 0.15) is 5.54 Å². The molecule has 2 atom stereocenters. The van der Waals surface area contributed by atoms with Crippen molar-refractivity contribution < 1.29 is 9.53 Å². The largest absolute Gasteiger partial charge is 0.465 e. The number of esters is 1. The van der Waals surface area contributed by atoms with E-state index in [9.17, 15) is 4.79 Å². The van der Waals surface area contributed by atoms with Crippen molar-refractivity contribution in [2.75, 3.05) is 24.7 Å². The molecule has 4 heteroatoms. The lowest BCUT2D eigenvalue weighted by molar-refractivity contribution is -0.150. The van der Waals surface area contributed by atoms with Crippen molar-refractivity contribution >= 4 is 17.7 Å². The van der Waals surface area contributed by atoms with Gasteiger partial charge in [-0.3, -0.25) is 4.79 Å². The molecule has 0 aromatic heterocycles. The zero-order chi connectivity index (χ0) is 14.7. The van der Waals surface area contributed by atoms with Gasteiger partial charge in [0, 0.05) is 0 Å². The summed E-state index contributed by atoms with van der Waals surface area (Å²) in [5.41, 5.74) is -0.533. The summed E-state index contributed by atoms with van der Waals surface area (Å²) in [4.78, 5) is 12.1. The van der Waals surface area contributed by atoms with Crippen molar-refractivity contribution in [3.05, 3.63) is 0 Å². The summed E-state index contributed by atoms with van der Waals surface area (Å²) in [5.74, 6) is 2.80. The topological polar surface area (TPSA) is 38.3 Å². The molecule has 0 fully saturated rings. The van der Waals surface area contributed by atoms with Gasteiger partial charge in [0.25, 0.3) is 0 Å². The molecular weight excluding hydrogens is 258 g/mol. The molecular formula is C15H31NO2S. The van der Waals surface area contributed by atoms with Gasteiger partial charge in [-0.15, -0.1) is 0 Å². The fourth-order valence-electron chi connectivity index (χ4n) is 1.63. The Morgan fingerprint density at radius 3 is 2.58 bits per heavy atom. The Hall–Kier alpha value is -0.220. The number of hydrogen-bond acceptors (Lipinski definition) is 4. The molecule has 0 heterocycles. The molecule has 0 saturated carbocycles. The normalized spacial score (nSPS) is 15.8. The van der Waals surface area contributed by atoms with Crippen LogP contribution in [-0.4, -0.2) is 36.2 Å². The first-order chi connectivity index (χ1) is 9.00. The molecule has 114 valence electrons. The minimum absolute atomic E-state index is 0.118. The highest BCUT2D eigenvalue weighted by Crippen LogP contribution is 2.19. The molecule has 19 heavy (non-hydrogen) atoms. The molecule has 0 radical (unpaired) electrons. The van der Waals surface area contributed by atoms with Gasteiger partial charge in [-0.05, 0) is 50.7 Å². The number of nitrogens with one attached hydrogen (secondary N) is 1. The smallest absolute Gasteiger partial charge is 0.326 e. The molecule has 0 bridgehead atoms. The van der Waals surface area contributed by atoms with Crippen molar-refractivity contribution in [2.45, 2.75) is 59.4 Å². The van der Waals surface area contributed by atoms with E-state index in [1.165, 1.54) is 12.2 Å². The van der Waals surface area contributed by atoms with Crippen LogP contribution in [0.3, 0.4) is 0 Å². The average molecular weight is 289 g/mol. The third-order valence-electron chi connectivity index (χ3n) is 3.34. The first-order valence-electron chi connectivity index (χ1n) is 7.50. The quantitative estimate of drug-likeness (QED) is 0.467. The number of ether oxygens (including phenoxy) is 1. The third-order valence-corrected chi connectivity index (χ3v) is 4.63. The van der Waals surface area contributed by atoms with Crippen molar-refractivity contribution in [3.63, 3.8) is 0 Å². The van der Waals surface area contributed by atoms with Crippen LogP contribution in [0.4, 0.5) is 0 Å². The van der Waals surface area contributed by atoms with E-state index in [1.54, 1.807) is 0 Å². The van der Waals surface area contributed by atoms with Crippen LogP contribution >= 0.6 is 11.8 Å². The van der Waals surface area contributed by atoms with Crippen LogP contribution in [0.2, 0.25) is 0 Å². The van der Waals surface area contributed by atoms with Crippen molar-refractivity contribution in [2.24, 2.45) is 5.92 Å². The molecule has 0 spiro atoms. The standard InChI is InChI=1S/C15H31NO2S/c1-6-10-16-15(5,14(17)18-8-3)9-11-19-12-13(4)7-2/h13,16H,6-12H2,1-5H3. The van der Waals surface area contributed by atoms with Gasteiger partial charge in [-0.2, -0.15) is 11.8 Å². The lowest BCUT2D eigenvalue weighted by Gasteiger charge is -2.28. The van der Waals surface area contributed by atoms with Crippen molar-refractivity contribution in [1.82, 2.24) is 5.32 Å². The summed E-state index contributed by atoms with van der Waals surface area (Å²) in [6.07, 6.45) is 3.07. The summed E-state index contributed by atoms with van der Waals surface area (Å²) >= 11 is 1.93. The SMILES string of the molecule is CCCNC(C)(CCSCC(C)CC)C(=O)OCC. The lowest BCUT2D eigenvalue weighted by Crippen LogP contribution is -2.51. The van der Waals surface area contributed by atoms with Gasteiger partial charge in [0.05, 0.1) is 6.61 Å². The Kier molecular flexibility index (Phi) is 10.4. The van der Waals surface area contributed by atoms with E-state index in [4.69, 9.17) is 4.74 Å². The van der Waals surface area contributed by atoms with Crippen molar-refractivity contribution in [3.8, 4) is 0 Å². The summed E-state index contributed by atoms with van der Waals surface area (Å²) in [6.45, 7) is 11.7. The second-order valence-corrected chi connectivity index (χ2v) is 6.47. The minimum Gasteiger partial charge on any atom is -0.465 e. The van der Waals surface area contributed by atoms with Gasteiger partial charge < -0.3 is 10.1 Å². The van der Waals surface area contributed by atoms with Crippen LogP contribution < -0.4 is 5.32 Å². The van der Waals surface area contributed by atoms with E-state index in [0.717, 1.165) is 31.1 Å². The summed E-state index contributed by atoms with van der Waals surface area (Å²) in [5, 5.41) is 3.34. The van der Waals surface area contributed by atoms with Gasteiger partial charge in [0.15, 0.2) is 0 Å². The second kappa shape index (κ2) is 10.6. The lowest BCUT2D eigenvalue weighted by atomic mass is 9.99. The zero-order valence-electron chi connectivity index (χ0n) is 13.3. The first kappa shape index (κ1) is 18.8. The number of carbonyl (C=O) groups is 1. The molecule has 0 rings (SSSR count). The molecule has 0 aromatic carbocycles. The Bertz CT molecular complexity index is 248. The molecule has 2 unspecified atom stereocenters. The van der Waals surface area contributed by atoms with Crippen LogP contribution in [-0.2, 0) is 9.53 Å². The maximum absolute atomic E-state index is 12.1. The summed E-state index contributed by atoms with van der Waals surface area (Å²) in [7, 11) is 0. The molecule has 0 aromatic rings. The van der Waals surface area contributed by atoms with E-state index >= 15 is 0 Å². The Morgan fingerprint density at radius 2 is 2.05 bits per heavy atom. The second-order valence-electron chi connectivity index (χ2n) is 5.32. The van der Waals surface area contributed by atoms with Crippen LogP contribution in [0.25, 0.3) is 0 Å². The van der Waals surface area contributed by atoms with E-state index in [1.807, 2.05) is 25.6 Å². The minimum atomic E-state index is -0.533. The Balaban J connectivity index is 4.22. The summed E-state index contributed by atoms with van der Waals surface area (Å²) in [6, 6.07) is 0. The number of carbonyl (C=O) groups excluding carboxylic acids is 1. The van der Waals surface area contributed by atoms with Gasteiger partial charge in [-0.25, -0.2) is 0 Å².